The summed E-state index contributed by atoms with van der Waals surface area (Å²) in [6.45, 7) is 2.53. The largest absolute Gasteiger partial charge is 0.497 e. The van der Waals surface area contributed by atoms with Gasteiger partial charge in [-0.15, -0.1) is 0 Å². The zero-order chi connectivity index (χ0) is 22.0. The van der Waals surface area contributed by atoms with Gasteiger partial charge in [0.2, 0.25) is 0 Å². The molecule has 1 fully saturated rings. The van der Waals surface area contributed by atoms with Crippen LogP contribution in [0.5, 0.6) is 17.2 Å². The topological polar surface area (TPSA) is 90.2 Å². The molecule has 4 rings (SSSR count). The van der Waals surface area contributed by atoms with Crippen LogP contribution in [0, 0.1) is 0 Å². The Morgan fingerprint density at radius 2 is 1.65 bits per heavy atom. The molecule has 162 valence electrons. The van der Waals surface area contributed by atoms with Gasteiger partial charge in [0.15, 0.2) is 11.5 Å². The van der Waals surface area contributed by atoms with Crippen molar-refractivity contribution in [1.82, 2.24) is 9.88 Å². The summed E-state index contributed by atoms with van der Waals surface area (Å²) in [5.74, 6) is 2.67. The van der Waals surface area contributed by atoms with E-state index in [4.69, 9.17) is 24.9 Å². The van der Waals surface area contributed by atoms with E-state index in [0.717, 1.165) is 16.7 Å². The smallest absolute Gasteiger partial charge is 0.254 e. The highest BCUT2D eigenvalue weighted by molar-refractivity contribution is 5.95. The molecular formula is C23H26N4O4. The number of ether oxygens (including phenoxy) is 3. The lowest BCUT2D eigenvalue weighted by Gasteiger charge is -2.35. The Hall–Kier alpha value is -3.68. The van der Waals surface area contributed by atoms with E-state index in [2.05, 4.69) is 4.90 Å². The third-order valence-electron chi connectivity index (χ3n) is 5.54. The summed E-state index contributed by atoms with van der Waals surface area (Å²) in [6, 6.07) is 12.8. The Kier molecular flexibility index (Phi) is 5.70. The number of hydrogen-bond acceptors (Lipinski definition) is 7. The number of hydrogen-bond donors (Lipinski definition) is 1. The molecule has 1 aliphatic heterocycles. The molecule has 2 N–H and O–H groups in total. The molecular weight excluding hydrogens is 396 g/mol. The Morgan fingerprint density at radius 3 is 2.32 bits per heavy atom. The SMILES string of the molecule is COc1cccc(C(=O)N2CCN(c3cc(N)c4cc(OC)c(OC)cc4n3)CC2)c1. The Labute approximate surface area is 181 Å². The maximum Gasteiger partial charge on any atom is 0.254 e. The zero-order valence-electron chi connectivity index (χ0n) is 17.9. The minimum atomic E-state index is 0.00126. The fraction of sp³-hybridized carbons (Fsp3) is 0.304. The van der Waals surface area contributed by atoms with Crippen molar-refractivity contribution in [2.45, 2.75) is 0 Å². The summed E-state index contributed by atoms with van der Waals surface area (Å²) in [5, 5.41) is 0.813. The highest BCUT2D eigenvalue weighted by Crippen LogP contribution is 2.35. The predicted octanol–water partition coefficient (Wildman–Crippen LogP) is 2.81. The first-order valence-corrected chi connectivity index (χ1v) is 10.0. The predicted molar refractivity (Wildman–Crippen MR) is 120 cm³/mol. The van der Waals surface area contributed by atoms with E-state index in [9.17, 15) is 4.79 Å². The molecule has 0 spiro atoms. The highest BCUT2D eigenvalue weighted by Gasteiger charge is 2.24. The number of benzene rings is 2. The van der Waals surface area contributed by atoms with E-state index in [1.807, 2.05) is 41.3 Å². The second-order valence-electron chi connectivity index (χ2n) is 7.31. The van der Waals surface area contributed by atoms with Gasteiger partial charge in [0, 0.05) is 54.9 Å². The number of carbonyl (C=O) groups is 1. The van der Waals surface area contributed by atoms with Gasteiger partial charge < -0.3 is 29.7 Å². The standard InChI is InChI=1S/C23H26N4O4/c1-29-16-6-4-5-15(11-16)23(28)27-9-7-26(8-10-27)22-13-18(24)17-12-20(30-2)21(31-3)14-19(17)25-22/h4-6,11-14H,7-10H2,1-3H3,(H2,24,25). The number of piperazine rings is 1. The first-order valence-electron chi connectivity index (χ1n) is 10.0. The summed E-state index contributed by atoms with van der Waals surface area (Å²) < 4.78 is 16.0. The zero-order valence-corrected chi connectivity index (χ0v) is 17.9. The maximum absolute atomic E-state index is 12.9. The summed E-state index contributed by atoms with van der Waals surface area (Å²) >= 11 is 0. The summed E-state index contributed by atoms with van der Waals surface area (Å²) in [7, 11) is 4.78. The number of rotatable bonds is 5. The van der Waals surface area contributed by atoms with Gasteiger partial charge in [-0.2, -0.15) is 0 Å². The van der Waals surface area contributed by atoms with Gasteiger partial charge in [0.1, 0.15) is 11.6 Å². The summed E-state index contributed by atoms with van der Waals surface area (Å²) in [4.78, 5) is 21.6. The Morgan fingerprint density at radius 1 is 0.935 bits per heavy atom. The molecule has 31 heavy (non-hydrogen) atoms. The van der Waals surface area contributed by atoms with Gasteiger partial charge in [0.25, 0.3) is 5.91 Å². The van der Waals surface area contributed by atoms with E-state index in [0.29, 0.717) is 54.7 Å². The lowest BCUT2D eigenvalue weighted by atomic mass is 10.1. The van der Waals surface area contributed by atoms with Crippen molar-refractivity contribution in [2.75, 3.05) is 58.1 Å². The molecule has 8 nitrogen and oxygen atoms in total. The van der Waals surface area contributed by atoms with Crippen LogP contribution in [0.3, 0.4) is 0 Å². The van der Waals surface area contributed by atoms with Gasteiger partial charge in [0.05, 0.1) is 26.8 Å². The van der Waals surface area contributed by atoms with Crippen molar-refractivity contribution >= 4 is 28.3 Å². The number of aromatic nitrogens is 1. The minimum absolute atomic E-state index is 0.00126. The molecule has 2 aromatic carbocycles. The lowest BCUT2D eigenvalue weighted by Crippen LogP contribution is -2.49. The molecule has 0 saturated carbocycles. The van der Waals surface area contributed by atoms with Crippen LogP contribution < -0.4 is 24.8 Å². The quantitative estimate of drug-likeness (QED) is 0.676. The molecule has 1 amide bonds. The number of methoxy groups -OCH3 is 3. The van der Waals surface area contributed by atoms with Gasteiger partial charge in [-0.25, -0.2) is 4.98 Å². The van der Waals surface area contributed by atoms with Crippen LogP contribution in [0.2, 0.25) is 0 Å². The van der Waals surface area contributed by atoms with Crippen molar-refractivity contribution in [3.8, 4) is 17.2 Å². The number of pyridine rings is 1. The number of carbonyl (C=O) groups excluding carboxylic acids is 1. The van der Waals surface area contributed by atoms with Crippen LogP contribution in [-0.2, 0) is 0 Å². The van der Waals surface area contributed by atoms with Crippen LogP contribution in [-0.4, -0.2) is 63.3 Å². The van der Waals surface area contributed by atoms with Gasteiger partial charge >= 0.3 is 0 Å². The number of fused-ring (bicyclic) bond motifs is 1. The molecule has 8 heteroatoms. The van der Waals surface area contributed by atoms with E-state index < -0.39 is 0 Å². The van der Waals surface area contributed by atoms with Crippen molar-refractivity contribution in [3.63, 3.8) is 0 Å². The number of nitrogen functional groups attached to an aromatic ring is 1. The third-order valence-corrected chi connectivity index (χ3v) is 5.54. The van der Waals surface area contributed by atoms with E-state index >= 15 is 0 Å². The van der Waals surface area contributed by atoms with Gasteiger partial charge in [-0.05, 0) is 24.3 Å². The molecule has 0 radical (unpaired) electrons. The average Bonchev–Trinajstić information content (AvgIpc) is 2.82. The van der Waals surface area contributed by atoms with Crippen LogP contribution in [0.1, 0.15) is 10.4 Å². The maximum atomic E-state index is 12.9. The molecule has 0 aliphatic carbocycles. The summed E-state index contributed by atoms with van der Waals surface area (Å²) in [5.41, 5.74) is 8.30. The number of nitrogens with two attached hydrogens (primary N) is 1. The van der Waals surface area contributed by atoms with Crippen LogP contribution in [0.4, 0.5) is 11.5 Å². The molecule has 1 aliphatic rings. The van der Waals surface area contributed by atoms with Crippen LogP contribution in [0.15, 0.2) is 42.5 Å². The first-order chi connectivity index (χ1) is 15.0. The molecule has 3 aromatic rings. The van der Waals surface area contributed by atoms with Gasteiger partial charge in [-0.1, -0.05) is 6.07 Å². The Bertz CT molecular complexity index is 1110. The normalized spacial score (nSPS) is 13.9. The van der Waals surface area contributed by atoms with Crippen molar-refractivity contribution in [3.05, 3.63) is 48.0 Å². The molecule has 0 bridgehead atoms. The first kappa shape index (κ1) is 20.6. The minimum Gasteiger partial charge on any atom is -0.497 e. The molecule has 1 saturated heterocycles. The van der Waals surface area contributed by atoms with Gasteiger partial charge in [-0.3, -0.25) is 4.79 Å². The van der Waals surface area contributed by atoms with Crippen molar-refractivity contribution in [2.24, 2.45) is 0 Å². The fourth-order valence-corrected chi connectivity index (χ4v) is 3.80. The molecule has 0 unspecified atom stereocenters. The Balaban J connectivity index is 1.52. The third kappa shape index (κ3) is 4.01. The van der Waals surface area contributed by atoms with E-state index in [-0.39, 0.29) is 5.91 Å². The fourth-order valence-electron chi connectivity index (χ4n) is 3.80. The molecule has 1 aromatic heterocycles. The second kappa shape index (κ2) is 8.59. The number of amides is 1. The van der Waals surface area contributed by atoms with E-state index in [1.54, 1.807) is 27.4 Å². The van der Waals surface area contributed by atoms with Crippen molar-refractivity contribution < 1.29 is 19.0 Å². The lowest BCUT2D eigenvalue weighted by molar-refractivity contribution is 0.0746. The highest BCUT2D eigenvalue weighted by atomic mass is 16.5. The van der Waals surface area contributed by atoms with Crippen molar-refractivity contribution in [1.29, 1.82) is 0 Å². The molecule has 2 heterocycles. The second-order valence-corrected chi connectivity index (χ2v) is 7.31. The van der Waals surface area contributed by atoms with Crippen LogP contribution in [0.25, 0.3) is 10.9 Å². The average molecular weight is 422 g/mol. The van der Waals surface area contributed by atoms with Crippen LogP contribution >= 0.6 is 0 Å². The molecule has 0 atom stereocenters. The van der Waals surface area contributed by atoms with E-state index in [1.165, 1.54) is 0 Å². The summed E-state index contributed by atoms with van der Waals surface area (Å²) in [6.07, 6.45) is 0. The number of anilines is 2. The number of nitrogens with zero attached hydrogens (tertiary/aromatic N) is 3. The monoisotopic (exact) mass is 422 g/mol.